The third kappa shape index (κ3) is 5.43. The lowest BCUT2D eigenvalue weighted by Gasteiger charge is -2.03. The molecule has 1 heterocycles. The van der Waals surface area contributed by atoms with Gasteiger partial charge >= 0.3 is 0 Å². The summed E-state index contributed by atoms with van der Waals surface area (Å²) >= 11 is 0. The van der Waals surface area contributed by atoms with Crippen molar-refractivity contribution in [2.75, 3.05) is 0 Å². The highest BCUT2D eigenvalue weighted by Gasteiger charge is 2.13. The Morgan fingerprint density at radius 2 is 1.44 bits per heavy atom. The van der Waals surface area contributed by atoms with Gasteiger partial charge in [-0.25, -0.2) is 0 Å². The first-order valence-corrected chi connectivity index (χ1v) is 9.99. The van der Waals surface area contributed by atoms with Crippen LogP contribution in [0.5, 0.6) is 5.75 Å². The van der Waals surface area contributed by atoms with Gasteiger partial charge in [-0.3, -0.25) is 0 Å². The summed E-state index contributed by atoms with van der Waals surface area (Å²) in [5.41, 5.74) is 2.78. The lowest BCUT2D eigenvalue weighted by atomic mass is 10.0. The molecular formula is C23H28N2O2. The molecule has 1 N–H and O–H groups in total. The normalized spacial score (nSPS) is 11.0. The Balaban J connectivity index is 1.53. The standard InChI is InChI=1S/C23H28N2O2/c1-2-3-4-5-6-7-8-11-18-14-16-19(17-15-18)22-24-25-23(27-22)20-12-9-10-13-21(20)26/h9-10,12-17,26H,2-8,11H2,1H3. The molecule has 0 aliphatic heterocycles. The lowest BCUT2D eigenvalue weighted by molar-refractivity contribution is 0.473. The van der Waals surface area contributed by atoms with Gasteiger partial charge in [-0.2, -0.15) is 0 Å². The third-order valence-electron chi connectivity index (χ3n) is 4.83. The van der Waals surface area contributed by atoms with Gasteiger partial charge < -0.3 is 9.52 Å². The fraction of sp³-hybridized carbons (Fsp3) is 0.391. The summed E-state index contributed by atoms with van der Waals surface area (Å²) in [6, 6.07) is 15.3. The number of aromatic nitrogens is 2. The number of phenols is 1. The van der Waals surface area contributed by atoms with Crippen LogP contribution >= 0.6 is 0 Å². The molecule has 0 unspecified atom stereocenters. The number of nitrogens with zero attached hydrogens (tertiary/aromatic N) is 2. The van der Waals surface area contributed by atoms with E-state index in [0.29, 0.717) is 17.3 Å². The molecule has 0 fully saturated rings. The van der Waals surface area contributed by atoms with Crippen molar-refractivity contribution in [2.24, 2.45) is 0 Å². The highest BCUT2D eigenvalue weighted by atomic mass is 16.4. The first kappa shape index (κ1) is 19.2. The van der Waals surface area contributed by atoms with E-state index >= 15 is 0 Å². The topological polar surface area (TPSA) is 59.2 Å². The van der Waals surface area contributed by atoms with Crippen LogP contribution in [0.1, 0.15) is 57.4 Å². The third-order valence-corrected chi connectivity index (χ3v) is 4.83. The molecule has 0 atom stereocenters. The van der Waals surface area contributed by atoms with Crippen molar-refractivity contribution in [3.05, 3.63) is 54.1 Å². The maximum atomic E-state index is 9.92. The summed E-state index contributed by atoms with van der Waals surface area (Å²) in [5.74, 6) is 0.934. The molecule has 0 radical (unpaired) electrons. The van der Waals surface area contributed by atoms with Gasteiger partial charge in [-0.1, -0.05) is 69.7 Å². The number of phenolic OH excluding ortho intramolecular Hbond substituents is 1. The minimum absolute atomic E-state index is 0.137. The van der Waals surface area contributed by atoms with Gasteiger partial charge in [0.2, 0.25) is 5.89 Å². The Labute approximate surface area is 161 Å². The minimum atomic E-state index is 0.137. The average molecular weight is 364 g/mol. The second-order valence-electron chi connectivity index (χ2n) is 7.00. The maximum Gasteiger partial charge on any atom is 0.251 e. The Hall–Kier alpha value is -2.62. The second-order valence-corrected chi connectivity index (χ2v) is 7.00. The number of hydrogen-bond acceptors (Lipinski definition) is 4. The van der Waals surface area contributed by atoms with E-state index in [9.17, 15) is 5.11 Å². The van der Waals surface area contributed by atoms with Crippen LogP contribution < -0.4 is 0 Å². The molecule has 3 aromatic rings. The van der Waals surface area contributed by atoms with Crippen molar-refractivity contribution in [2.45, 2.75) is 58.3 Å². The predicted molar refractivity (Wildman–Crippen MR) is 109 cm³/mol. The molecular weight excluding hydrogens is 336 g/mol. The molecule has 0 spiro atoms. The molecule has 1 aromatic heterocycles. The molecule has 142 valence electrons. The van der Waals surface area contributed by atoms with Crippen molar-refractivity contribution in [1.82, 2.24) is 10.2 Å². The molecule has 27 heavy (non-hydrogen) atoms. The number of para-hydroxylation sites is 1. The van der Waals surface area contributed by atoms with E-state index in [2.05, 4.69) is 29.3 Å². The summed E-state index contributed by atoms with van der Waals surface area (Å²) in [6.07, 6.45) is 10.4. The summed E-state index contributed by atoms with van der Waals surface area (Å²) in [5, 5.41) is 18.1. The molecule has 0 saturated heterocycles. The van der Waals surface area contributed by atoms with Crippen molar-refractivity contribution in [3.8, 4) is 28.7 Å². The van der Waals surface area contributed by atoms with E-state index in [1.54, 1.807) is 18.2 Å². The van der Waals surface area contributed by atoms with Gasteiger partial charge in [0, 0.05) is 5.56 Å². The first-order valence-electron chi connectivity index (χ1n) is 9.99. The van der Waals surface area contributed by atoms with Crippen molar-refractivity contribution >= 4 is 0 Å². The number of rotatable bonds is 10. The molecule has 0 saturated carbocycles. The van der Waals surface area contributed by atoms with Crippen molar-refractivity contribution in [1.29, 1.82) is 0 Å². The Kier molecular flexibility index (Phi) is 7.03. The first-order chi connectivity index (χ1) is 13.3. The predicted octanol–water partition coefficient (Wildman–Crippen LogP) is 6.40. The van der Waals surface area contributed by atoms with Crippen molar-refractivity contribution < 1.29 is 9.52 Å². The Bertz CT molecular complexity index is 824. The summed E-state index contributed by atoms with van der Waals surface area (Å²) in [7, 11) is 0. The van der Waals surface area contributed by atoms with E-state index in [-0.39, 0.29) is 5.75 Å². The number of aromatic hydroxyl groups is 1. The van der Waals surface area contributed by atoms with Gasteiger partial charge in [0.15, 0.2) is 0 Å². The summed E-state index contributed by atoms with van der Waals surface area (Å²) in [4.78, 5) is 0. The highest BCUT2D eigenvalue weighted by molar-refractivity contribution is 5.63. The van der Waals surface area contributed by atoms with Gasteiger partial charge in [0.1, 0.15) is 5.75 Å². The molecule has 4 heteroatoms. The largest absolute Gasteiger partial charge is 0.507 e. The average Bonchev–Trinajstić information content (AvgIpc) is 3.18. The van der Waals surface area contributed by atoms with Crippen LogP contribution in [-0.2, 0) is 6.42 Å². The maximum absolute atomic E-state index is 9.92. The van der Waals surface area contributed by atoms with Crippen LogP contribution in [-0.4, -0.2) is 15.3 Å². The van der Waals surface area contributed by atoms with Crippen LogP contribution in [0.15, 0.2) is 52.9 Å². The van der Waals surface area contributed by atoms with Crippen LogP contribution in [0.25, 0.3) is 22.9 Å². The Morgan fingerprint density at radius 1 is 0.778 bits per heavy atom. The zero-order valence-electron chi connectivity index (χ0n) is 16.0. The van der Waals surface area contributed by atoms with Gasteiger partial charge in [-0.15, -0.1) is 10.2 Å². The molecule has 0 aliphatic carbocycles. The van der Waals surface area contributed by atoms with E-state index in [0.717, 1.165) is 12.0 Å². The number of benzene rings is 2. The molecule has 4 nitrogen and oxygen atoms in total. The minimum Gasteiger partial charge on any atom is -0.507 e. The van der Waals surface area contributed by atoms with E-state index in [1.165, 1.54) is 50.5 Å². The second kappa shape index (κ2) is 9.91. The molecule has 0 bridgehead atoms. The number of unbranched alkanes of at least 4 members (excludes halogenated alkanes) is 6. The molecule has 3 rings (SSSR count). The van der Waals surface area contributed by atoms with E-state index < -0.39 is 0 Å². The van der Waals surface area contributed by atoms with Crippen LogP contribution in [0.2, 0.25) is 0 Å². The SMILES string of the molecule is CCCCCCCCCc1ccc(-c2nnc(-c3ccccc3O)o2)cc1. The van der Waals surface area contributed by atoms with Crippen LogP contribution in [0.3, 0.4) is 0 Å². The molecule has 0 aliphatic rings. The van der Waals surface area contributed by atoms with E-state index in [1.807, 2.05) is 18.2 Å². The molecule has 0 amide bonds. The quantitative estimate of drug-likeness (QED) is 0.423. The van der Waals surface area contributed by atoms with Gasteiger partial charge in [-0.05, 0) is 42.7 Å². The summed E-state index contributed by atoms with van der Waals surface area (Å²) in [6.45, 7) is 2.25. The smallest absolute Gasteiger partial charge is 0.251 e. The number of hydrogen-bond donors (Lipinski definition) is 1. The van der Waals surface area contributed by atoms with Crippen LogP contribution in [0, 0.1) is 0 Å². The lowest BCUT2D eigenvalue weighted by Crippen LogP contribution is -1.87. The fourth-order valence-corrected chi connectivity index (χ4v) is 3.20. The fourth-order valence-electron chi connectivity index (χ4n) is 3.20. The summed E-state index contributed by atoms with van der Waals surface area (Å²) < 4.78 is 5.74. The molecule has 2 aromatic carbocycles. The van der Waals surface area contributed by atoms with Crippen LogP contribution in [0.4, 0.5) is 0 Å². The monoisotopic (exact) mass is 364 g/mol. The number of aryl methyl sites for hydroxylation is 1. The van der Waals surface area contributed by atoms with Crippen molar-refractivity contribution in [3.63, 3.8) is 0 Å². The van der Waals surface area contributed by atoms with Gasteiger partial charge in [0.05, 0.1) is 5.56 Å². The Morgan fingerprint density at radius 3 is 2.19 bits per heavy atom. The highest BCUT2D eigenvalue weighted by Crippen LogP contribution is 2.29. The zero-order valence-corrected chi connectivity index (χ0v) is 16.0. The zero-order chi connectivity index (χ0) is 18.9. The van der Waals surface area contributed by atoms with E-state index in [4.69, 9.17) is 4.42 Å². The van der Waals surface area contributed by atoms with Gasteiger partial charge in [0.25, 0.3) is 5.89 Å².